The number of nitrogens with one attached hydrogen (secondary N) is 1. The number of hydrogen-bond donors (Lipinski definition) is 1. The van der Waals surface area contributed by atoms with E-state index in [9.17, 15) is 0 Å². The SMILES string of the molecule is CCNCc1ccnc(OCCCN(C)C)c1. The molecule has 0 fully saturated rings. The first-order chi connectivity index (χ1) is 8.22. The summed E-state index contributed by atoms with van der Waals surface area (Å²) in [4.78, 5) is 6.35. The minimum atomic E-state index is 0.718. The van der Waals surface area contributed by atoms with Gasteiger partial charge in [-0.25, -0.2) is 4.98 Å². The molecule has 0 unspecified atom stereocenters. The van der Waals surface area contributed by atoms with Crippen LogP contribution >= 0.6 is 0 Å². The highest BCUT2D eigenvalue weighted by molar-refractivity contribution is 5.20. The van der Waals surface area contributed by atoms with Gasteiger partial charge in [0.15, 0.2) is 0 Å². The Balaban J connectivity index is 2.32. The molecular weight excluding hydrogens is 214 g/mol. The molecule has 17 heavy (non-hydrogen) atoms. The van der Waals surface area contributed by atoms with E-state index in [2.05, 4.69) is 36.2 Å². The predicted molar refractivity (Wildman–Crippen MR) is 70.3 cm³/mol. The number of aromatic nitrogens is 1. The largest absolute Gasteiger partial charge is 0.478 e. The van der Waals surface area contributed by atoms with E-state index in [-0.39, 0.29) is 0 Å². The lowest BCUT2D eigenvalue weighted by atomic mass is 10.2. The van der Waals surface area contributed by atoms with Gasteiger partial charge in [-0.3, -0.25) is 0 Å². The van der Waals surface area contributed by atoms with Gasteiger partial charge in [0.2, 0.25) is 5.88 Å². The number of ether oxygens (including phenoxy) is 1. The van der Waals surface area contributed by atoms with Crippen LogP contribution in [0.25, 0.3) is 0 Å². The fraction of sp³-hybridized carbons (Fsp3) is 0.615. The first-order valence-corrected chi connectivity index (χ1v) is 6.15. The van der Waals surface area contributed by atoms with E-state index in [1.54, 1.807) is 6.20 Å². The van der Waals surface area contributed by atoms with Gasteiger partial charge in [-0.2, -0.15) is 0 Å². The van der Waals surface area contributed by atoms with Crippen molar-refractivity contribution >= 4 is 0 Å². The average molecular weight is 237 g/mol. The summed E-state index contributed by atoms with van der Waals surface area (Å²) in [6.45, 7) is 5.70. The highest BCUT2D eigenvalue weighted by Crippen LogP contribution is 2.09. The van der Waals surface area contributed by atoms with Crippen molar-refractivity contribution in [2.75, 3.05) is 33.8 Å². The Morgan fingerprint density at radius 3 is 2.94 bits per heavy atom. The van der Waals surface area contributed by atoms with E-state index in [1.807, 2.05) is 12.1 Å². The van der Waals surface area contributed by atoms with Crippen molar-refractivity contribution in [3.05, 3.63) is 23.9 Å². The molecule has 1 rings (SSSR count). The summed E-state index contributed by atoms with van der Waals surface area (Å²) < 4.78 is 5.61. The van der Waals surface area contributed by atoms with Crippen LogP contribution < -0.4 is 10.1 Å². The number of hydrogen-bond acceptors (Lipinski definition) is 4. The third kappa shape index (κ3) is 6.24. The molecule has 0 saturated carbocycles. The Hall–Kier alpha value is -1.13. The second kappa shape index (κ2) is 8.03. The van der Waals surface area contributed by atoms with Crippen LogP contribution in [-0.4, -0.2) is 43.7 Å². The molecule has 0 radical (unpaired) electrons. The minimum absolute atomic E-state index is 0.718. The Labute approximate surface area is 104 Å². The number of nitrogens with zero attached hydrogens (tertiary/aromatic N) is 2. The van der Waals surface area contributed by atoms with Crippen LogP contribution in [0.5, 0.6) is 5.88 Å². The van der Waals surface area contributed by atoms with E-state index in [0.717, 1.165) is 38.5 Å². The fourth-order valence-electron chi connectivity index (χ4n) is 1.47. The average Bonchev–Trinajstić information content (AvgIpc) is 2.32. The second-order valence-corrected chi connectivity index (χ2v) is 4.29. The van der Waals surface area contributed by atoms with Gasteiger partial charge < -0.3 is 15.0 Å². The second-order valence-electron chi connectivity index (χ2n) is 4.29. The molecule has 0 aliphatic rings. The van der Waals surface area contributed by atoms with Crippen LogP contribution in [0, 0.1) is 0 Å². The lowest BCUT2D eigenvalue weighted by molar-refractivity contribution is 0.273. The lowest BCUT2D eigenvalue weighted by Gasteiger charge is -2.10. The van der Waals surface area contributed by atoms with Gasteiger partial charge in [-0.15, -0.1) is 0 Å². The molecule has 0 saturated heterocycles. The van der Waals surface area contributed by atoms with Crippen molar-refractivity contribution in [3.8, 4) is 5.88 Å². The Bertz CT molecular complexity index is 315. The fourth-order valence-corrected chi connectivity index (χ4v) is 1.47. The topological polar surface area (TPSA) is 37.4 Å². The summed E-state index contributed by atoms with van der Waals surface area (Å²) >= 11 is 0. The third-order valence-electron chi connectivity index (χ3n) is 2.38. The molecule has 0 aliphatic carbocycles. The minimum Gasteiger partial charge on any atom is -0.478 e. The Morgan fingerprint density at radius 2 is 2.24 bits per heavy atom. The summed E-state index contributed by atoms with van der Waals surface area (Å²) in [5.41, 5.74) is 1.21. The maximum absolute atomic E-state index is 5.61. The van der Waals surface area contributed by atoms with E-state index in [1.165, 1.54) is 5.56 Å². The van der Waals surface area contributed by atoms with E-state index in [4.69, 9.17) is 4.74 Å². The molecule has 0 spiro atoms. The summed E-state index contributed by atoms with van der Waals surface area (Å²) in [6, 6.07) is 4.01. The molecule has 1 N–H and O–H groups in total. The summed E-state index contributed by atoms with van der Waals surface area (Å²) in [7, 11) is 4.13. The zero-order valence-electron chi connectivity index (χ0n) is 11.1. The van der Waals surface area contributed by atoms with Crippen LogP contribution in [0.4, 0.5) is 0 Å². The maximum atomic E-state index is 5.61. The van der Waals surface area contributed by atoms with E-state index < -0.39 is 0 Å². The monoisotopic (exact) mass is 237 g/mol. The van der Waals surface area contributed by atoms with Crippen LogP contribution in [0.2, 0.25) is 0 Å². The first kappa shape index (κ1) is 13.9. The summed E-state index contributed by atoms with van der Waals surface area (Å²) in [5.74, 6) is 0.721. The molecule has 0 atom stereocenters. The molecule has 0 bridgehead atoms. The van der Waals surface area contributed by atoms with E-state index >= 15 is 0 Å². The van der Waals surface area contributed by atoms with Crippen molar-refractivity contribution < 1.29 is 4.74 Å². The molecule has 0 aromatic carbocycles. The van der Waals surface area contributed by atoms with Crippen LogP contribution in [-0.2, 0) is 6.54 Å². The molecule has 96 valence electrons. The van der Waals surface area contributed by atoms with Gasteiger partial charge in [0, 0.05) is 25.4 Å². The van der Waals surface area contributed by atoms with Gasteiger partial charge in [0.1, 0.15) is 0 Å². The summed E-state index contributed by atoms with van der Waals surface area (Å²) in [6.07, 6.45) is 2.82. The zero-order chi connectivity index (χ0) is 12.5. The Kier molecular flexibility index (Phi) is 6.58. The van der Waals surface area contributed by atoms with Crippen molar-refractivity contribution in [1.82, 2.24) is 15.2 Å². The maximum Gasteiger partial charge on any atom is 0.213 e. The Morgan fingerprint density at radius 1 is 1.41 bits per heavy atom. The molecule has 1 aromatic rings. The van der Waals surface area contributed by atoms with Crippen molar-refractivity contribution in [2.45, 2.75) is 19.9 Å². The van der Waals surface area contributed by atoms with Gasteiger partial charge in [0.25, 0.3) is 0 Å². The lowest BCUT2D eigenvalue weighted by Crippen LogP contribution is -2.16. The normalized spacial score (nSPS) is 10.8. The van der Waals surface area contributed by atoms with Gasteiger partial charge >= 0.3 is 0 Å². The molecule has 0 amide bonds. The molecule has 1 heterocycles. The zero-order valence-corrected chi connectivity index (χ0v) is 11.1. The first-order valence-electron chi connectivity index (χ1n) is 6.15. The highest BCUT2D eigenvalue weighted by Gasteiger charge is 1.98. The quantitative estimate of drug-likeness (QED) is 0.696. The smallest absolute Gasteiger partial charge is 0.213 e. The van der Waals surface area contributed by atoms with Crippen LogP contribution in [0.1, 0.15) is 18.9 Å². The van der Waals surface area contributed by atoms with Crippen molar-refractivity contribution in [2.24, 2.45) is 0 Å². The van der Waals surface area contributed by atoms with E-state index in [0.29, 0.717) is 0 Å². The number of pyridine rings is 1. The number of rotatable bonds is 8. The van der Waals surface area contributed by atoms with Crippen LogP contribution in [0.15, 0.2) is 18.3 Å². The molecule has 4 heteroatoms. The molecule has 4 nitrogen and oxygen atoms in total. The van der Waals surface area contributed by atoms with Gasteiger partial charge in [-0.1, -0.05) is 6.92 Å². The van der Waals surface area contributed by atoms with Gasteiger partial charge in [-0.05, 0) is 38.7 Å². The van der Waals surface area contributed by atoms with Crippen LogP contribution in [0.3, 0.4) is 0 Å². The predicted octanol–water partition coefficient (Wildman–Crippen LogP) is 1.52. The molecular formula is C13H23N3O. The van der Waals surface area contributed by atoms with Crippen molar-refractivity contribution in [1.29, 1.82) is 0 Å². The third-order valence-corrected chi connectivity index (χ3v) is 2.38. The van der Waals surface area contributed by atoms with Gasteiger partial charge in [0.05, 0.1) is 6.61 Å². The summed E-state index contributed by atoms with van der Waals surface area (Å²) in [5, 5.41) is 3.28. The molecule has 0 aliphatic heterocycles. The van der Waals surface area contributed by atoms with Crippen molar-refractivity contribution in [3.63, 3.8) is 0 Å². The highest BCUT2D eigenvalue weighted by atomic mass is 16.5. The molecule has 1 aromatic heterocycles. The standard InChI is InChI=1S/C13H23N3O/c1-4-14-11-12-6-7-15-13(10-12)17-9-5-8-16(2)3/h6-7,10,14H,4-5,8-9,11H2,1-3H3.